The Morgan fingerprint density at radius 1 is 1.27 bits per heavy atom. The number of aromatic carboxylic acids is 1. The quantitative estimate of drug-likeness (QED) is 0.780. The lowest BCUT2D eigenvalue weighted by molar-refractivity contribution is 0.0663. The molecule has 0 spiro atoms. The maximum atomic E-state index is 10.5. The van der Waals surface area contributed by atoms with Crippen molar-refractivity contribution in [2.75, 3.05) is 0 Å². The van der Waals surface area contributed by atoms with Crippen molar-refractivity contribution in [3.05, 3.63) is 36.2 Å². The molecule has 0 bridgehead atoms. The molecule has 0 aromatic carbocycles. The van der Waals surface area contributed by atoms with Crippen LogP contribution >= 0.6 is 0 Å². The maximum absolute atomic E-state index is 10.5. The Bertz CT molecular complexity index is 486. The largest absolute Gasteiger partial charge is 0.506 e. The molecule has 2 N–H and O–H groups in total. The van der Waals surface area contributed by atoms with Crippen LogP contribution in [0, 0.1) is 0 Å². The van der Waals surface area contributed by atoms with Gasteiger partial charge in [0.2, 0.25) is 5.76 Å². The molecule has 2 aromatic rings. The van der Waals surface area contributed by atoms with E-state index >= 15 is 0 Å². The Labute approximate surface area is 84.6 Å². The number of aromatic nitrogens is 1. The van der Waals surface area contributed by atoms with E-state index in [1.807, 2.05) is 0 Å². The molecule has 76 valence electrons. The molecule has 15 heavy (non-hydrogen) atoms. The van der Waals surface area contributed by atoms with Crippen molar-refractivity contribution in [1.82, 2.24) is 4.98 Å². The molecule has 0 aliphatic heterocycles. The van der Waals surface area contributed by atoms with Crippen LogP contribution in [0.2, 0.25) is 0 Å². The van der Waals surface area contributed by atoms with E-state index in [1.54, 1.807) is 6.07 Å². The molecule has 0 saturated heterocycles. The highest BCUT2D eigenvalue weighted by molar-refractivity contribution is 5.85. The van der Waals surface area contributed by atoms with Crippen molar-refractivity contribution in [3.8, 4) is 17.2 Å². The molecule has 0 amide bonds. The summed E-state index contributed by atoms with van der Waals surface area (Å²) in [6.07, 6.45) is 1.26. The number of aromatic hydroxyl groups is 1. The van der Waals surface area contributed by atoms with Gasteiger partial charge in [0.15, 0.2) is 5.76 Å². The molecule has 5 nitrogen and oxygen atoms in total. The van der Waals surface area contributed by atoms with E-state index in [0.29, 0.717) is 11.5 Å². The monoisotopic (exact) mass is 205 g/mol. The zero-order valence-corrected chi connectivity index (χ0v) is 7.54. The highest BCUT2D eigenvalue weighted by Crippen LogP contribution is 2.21. The van der Waals surface area contributed by atoms with Gasteiger partial charge < -0.3 is 14.6 Å². The van der Waals surface area contributed by atoms with Gasteiger partial charge in [-0.15, -0.1) is 0 Å². The van der Waals surface area contributed by atoms with Gasteiger partial charge in [-0.3, -0.25) is 0 Å². The smallest absolute Gasteiger partial charge is 0.371 e. The van der Waals surface area contributed by atoms with Gasteiger partial charge in [-0.05, 0) is 24.3 Å². The predicted molar refractivity (Wildman–Crippen MR) is 50.6 cm³/mol. The molecule has 2 rings (SSSR count). The van der Waals surface area contributed by atoms with E-state index in [9.17, 15) is 4.79 Å². The number of hydrogen-bond acceptors (Lipinski definition) is 4. The van der Waals surface area contributed by atoms with E-state index in [0.717, 1.165) is 0 Å². The summed E-state index contributed by atoms with van der Waals surface area (Å²) in [7, 11) is 0. The first-order valence-corrected chi connectivity index (χ1v) is 4.15. The lowest BCUT2D eigenvalue weighted by atomic mass is 10.3. The predicted octanol–water partition coefficient (Wildman–Crippen LogP) is 1.75. The molecule has 0 radical (unpaired) electrons. The molecule has 2 heterocycles. The Kier molecular flexibility index (Phi) is 2.13. The van der Waals surface area contributed by atoms with Gasteiger partial charge in [0.25, 0.3) is 0 Å². The fourth-order valence-corrected chi connectivity index (χ4v) is 1.12. The number of nitrogens with zero attached hydrogens (tertiary/aromatic N) is 1. The third-order valence-electron chi connectivity index (χ3n) is 1.82. The maximum Gasteiger partial charge on any atom is 0.371 e. The zero-order chi connectivity index (χ0) is 10.8. The van der Waals surface area contributed by atoms with Crippen molar-refractivity contribution in [2.24, 2.45) is 0 Å². The van der Waals surface area contributed by atoms with Crippen LogP contribution in [-0.2, 0) is 0 Å². The second kappa shape index (κ2) is 3.45. The lowest BCUT2D eigenvalue weighted by Gasteiger charge is -1.95. The summed E-state index contributed by atoms with van der Waals surface area (Å²) in [5.74, 6) is -0.865. The molecule has 0 saturated carbocycles. The molecule has 0 atom stereocenters. The van der Waals surface area contributed by atoms with E-state index < -0.39 is 5.97 Å². The van der Waals surface area contributed by atoms with Gasteiger partial charge in [-0.25, -0.2) is 9.78 Å². The van der Waals surface area contributed by atoms with Crippen LogP contribution in [0.5, 0.6) is 5.75 Å². The van der Waals surface area contributed by atoms with E-state index in [-0.39, 0.29) is 11.5 Å². The second-order valence-corrected chi connectivity index (χ2v) is 2.87. The number of pyridine rings is 1. The Balaban J connectivity index is 2.37. The van der Waals surface area contributed by atoms with E-state index in [1.165, 1.54) is 24.4 Å². The fraction of sp³-hybridized carbons (Fsp3) is 0. The van der Waals surface area contributed by atoms with Gasteiger partial charge in [0, 0.05) is 0 Å². The number of carboxylic acid groups (broad SMARTS) is 1. The molecule has 0 unspecified atom stereocenters. The summed E-state index contributed by atoms with van der Waals surface area (Å²) in [4.78, 5) is 14.4. The van der Waals surface area contributed by atoms with Crippen molar-refractivity contribution >= 4 is 5.97 Å². The van der Waals surface area contributed by atoms with Crippen LogP contribution in [-0.4, -0.2) is 21.2 Å². The van der Waals surface area contributed by atoms with Gasteiger partial charge >= 0.3 is 5.97 Å². The summed E-state index contributed by atoms with van der Waals surface area (Å²) >= 11 is 0. The number of carboxylic acids is 1. The molecular weight excluding hydrogens is 198 g/mol. The van der Waals surface area contributed by atoms with E-state index in [4.69, 9.17) is 14.6 Å². The third-order valence-corrected chi connectivity index (χ3v) is 1.82. The van der Waals surface area contributed by atoms with Gasteiger partial charge in [0.1, 0.15) is 11.4 Å². The van der Waals surface area contributed by atoms with Crippen molar-refractivity contribution < 1.29 is 19.4 Å². The molecular formula is C10H7NO4. The Morgan fingerprint density at radius 3 is 2.60 bits per heavy atom. The minimum atomic E-state index is -1.12. The first-order valence-electron chi connectivity index (χ1n) is 4.15. The Morgan fingerprint density at radius 2 is 2.07 bits per heavy atom. The van der Waals surface area contributed by atoms with Crippen molar-refractivity contribution in [1.29, 1.82) is 0 Å². The number of rotatable bonds is 2. The van der Waals surface area contributed by atoms with E-state index in [2.05, 4.69) is 4.98 Å². The highest BCUT2D eigenvalue weighted by Gasteiger charge is 2.10. The van der Waals surface area contributed by atoms with Crippen LogP contribution in [0.4, 0.5) is 0 Å². The van der Waals surface area contributed by atoms with Crippen LogP contribution in [0.1, 0.15) is 10.6 Å². The summed E-state index contributed by atoms with van der Waals surface area (Å²) in [6.45, 7) is 0. The molecule has 0 aliphatic carbocycles. The van der Waals surface area contributed by atoms with Crippen molar-refractivity contribution in [2.45, 2.75) is 0 Å². The number of carbonyl (C=O) groups is 1. The van der Waals surface area contributed by atoms with Crippen LogP contribution in [0.25, 0.3) is 11.5 Å². The van der Waals surface area contributed by atoms with Gasteiger partial charge in [-0.2, -0.15) is 0 Å². The van der Waals surface area contributed by atoms with Gasteiger partial charge in [0.05, 0.1) is 6.20 Å². The fourth-order valence-electron chi connectivity index (χ4n) is 1.12. The van der Waals surface area contributed by atoms with Crippen LogP contribution < -0.4 is 0 Å². The Hall–Kier alpha value is -2.30. The standard InChI is InChI=1S/C10H7NO4/c12-6-1-2-7(11-5-6)8-3-4-9(15-8)10(13)14/h1-5,12H,(H,13,14). The third kappa shape index (κ3) is 1.80. The molecule has 0 aliphatic rings. The summed E-state index contributed by atoms with van der Waals surface area (Å²) in [6, 6.07) is 5.86. The first kappa shape index (κ1) is 9.26. The number of furan rings is 1. The van der Waals surface area contributed by atoms with Crippen molar-refractivity contribution in [3.63, 3.8) is 0 Å². The highest BCUT2D eigenvalue weighted by atomic mass is 16.4. The average molecular weight is 205 g/mol. The summed E-state index contributed by atoms with van der Waals surface area (Å²) < 4.78 is 5.03. The topological polar surface area (TPSA) is 83.6 Å². The second-order valence-electron chi connectivity index (χ2n) is 2.87. The lowest BCUT2D eigenvalue weighted by Crippen LogP contribution is -1.91. The average Bonchev–Trinajstić information content (AvgIpc) is 2.68. The minimum Gasteiger partial charge on any atom is -0.506 e. The van der Waals surface area contributed by atoms with Crippen LogP contribution in [0.3, 0.4) is 0 Å². The minimum absolute atomic E-state index is 0.0452. The molecule has 2 aromatic heterocycles. The summed E-state index contributed by atoms with van der Waals surface area (Å²) in [5.41, 5.74) is 0.473. The SMILES string of the molecule is O=C(O)c1ccc(-c2ccc(O)cn2)o1. The van der Waals surface area contributed by atoms with Crippen LogP contribution in [0.15, 0.2) is 34.9 Å². The number of hydrogen-bond donors (Lipinski definition) is 2. The molecule has 5 heteroatoms. The molecule has 0 fully saturated rings. The first-order chi connectivity index (χ1) is 7.16. The normalized spacial score (nSPS) is 10.1. The summed E-state index contributed by atoms with van der Waals surface area (Å²) in [5, 5.41) is 17.6. The van der Waals surface area contributed by atoms with Gasteiger partial charge in [-0.1, -0.05) is 0 Å². The zero-order valence-electron chi connectivity index (χ0n) is 7.54.